The predicted molar refractivity (Wildman–Crippen MR) is 162 cm³/mol. The smallest absolute Gasteiger partial charge is 0.145 e. The number of nitrogens with one attached hydrogen (secondary N) is 1. The molecule has 3 aliphatic carbocycles. The van der Waals surface area contributed by atoms with Crippen molar-refractivity contribution in [1.82, 2.24) is 5.32 Å². The van der Waals surface area contributed by atoms with Gasteiger partial charge in [0, 0.05) is 22.9 Å². The Balaban J connectivity index is 2.09. The van der Waals surface area contributed by atoms with Gasteiger partial charge in [-0.3, -0.25) is 4.79 Å². The number of hydrogen-bond acceptors (Lipinski definition) is 6. The molecule has 6 nitrogen and oxygen atoms in total. The van der Waals surface area contributed by atoms with Crippen molar-refractivity contribution in [3.05, 3.63) is 58.7 Å². The number of aliphatic hydroxyl groups is 4. The van der Waals surface area contributed by atoms with Crippen LogP contribution in [0.5, 0.6) is 0 Å². The summed E-state index contributed by atoms with van der Waals surface area (Å²) in [6.07, 6.45) is 15.2. The molecule has 6 heteroatoms. The summed E-state index contributed by atoms with van der Waals surface area (Å²) in [5.74, 6) is 0. The summed E-state index contributed by atoms with van der Waals surface area (Å²) in [5.41, 5.74) is 1.55. The summed E-state index contributed by atoms with van der Waals surface area (Å²) in [6, 6.07) is 0. The van der Waals surface area contributed by atoms with Crippen LogP contribution >= 0.6 is 0 Å². The Morgan fingerprint density at radius 3 is 2.45 bits per heavy atom. The number of allylic oxidation sites excluding steroid dienone is 8. The number of carbonyl (C=O) groups excluding carboxylic acids is 1. The SMILES string of the molecule is C=C(/C=C/C=C(/CO)[C@]12CC[C@]3(CCCO)/C(=C(/C)C=O)CC[C@](O)(CCNC)[C@@]3(CC1)[C@@H]2O)CCC=C(C)C. The first-order valence-corrected chi connectivity index (χ1v) is 15.1. The maximum atomic E-state index is 12.5. The minimum atomic E-state index is -1.14. The first kappa shape index (κ1) is 32.7. The third-order valence-corrected chi connectivity index (χ3v) is 10.7. The lowest BCUT2D eigenvalue weighted by Gasteiger charge is -2.67. The molecule has 3 aliphatic rings. The van der Waals surface area contributed by atoms with Crippen molar-refractivity contribution in [2.45, 2.75) is 103 Å². The van der Waals surface area contributed by atoms with Gasteiger partial charge in [0.2, 0.25) is 0 Å². The Labute approximate surface area is 241 Å². The minimum Gasteiger partial charge on any atom is -0.396 e. The molecule has 40 heavy (non-hydrogen) atoms. The number of aldehydes is 1. The van der Waals surface area contributed by atoms with Crippen LogP contribution in [0.4, 0.5) is 0 Å². The summed E-state index contributed by atoms with van der Waals surface area (Å²) in [7, 11) is 1.87. The third-order valence-electron chi connectivity index (χ3n) is 10.7. The van der Waals surface area contributed by atoms with E-state index < -0.39 is 27.9 Å². The Hall–Kier alpha value is -1.83. The second-order valence-electron chi connectivity index (χ2n) is 12.8. The fraction of sp³-hybridized carbons (Fsp3) is 0.676. The average Bonchev–Trinajstić information content (AvgIpc) is 3.13. The molecule has 0 unspecified atom stereocenters. The van der Waals surface area contributed by atoms with Crippen molar-refractivity contribution in [1.29, 1.82) is 0 Å². The highest BCUT2D eigenvalue weighted by molar-refractivity contribution is 5.74. The average molecular weight is 556 g/mol. The van der Waals surface area contributed by atoms with Crippen LogP contribution in [0.1, 0.15) is 91.4 Å². The van der Waals surface area contributed by atoms with Gasteiger partial charge in [-0.05, 0) is 116 Å². The summed E-state index contributed by atoms with van der Waals surface area (Å²) >= 11 is 0. The molecule has 3 rings (SSSR count). The number of fused-ring (bicyclic) bond motifs is 1. The minimum absolute atomic E-state index is 0.0194. The lowest BCUT2D eigenvalue weighted by Crippen LogP contribution is -2.69. The van der Waals surface area contributed by atoms with Crippen LogP contribution in [0.2, 0.25) is 0 Å². The second-order valence-corrected chi connectivity index (χ2v) is 12.8. The maximum absolute atomic E-state index is 12.5. The van der Waals surface area contributed by atoms with Crippen molar-refractivity contribution in [2.24, 2.45) is 16.2 Å². The molecule has 1 spiro atoms. The molecule has 0 heterocycles. The van der Waals surface area contributed by atoms with Crippen molar-refractivity contribution in [3.8, 4) is 0 Å². The van der Waals surface area contributed by atoms with Gasteiger partial charge in [0.25, 0.3) is 0 Å². The zero-order chi connectivity index (χ0) is 29.6. The first-order valence-electron chi connectivity index (χ1n) is 15.1. The highest BCUT2D eigenvalue weighted by Crippen LogP contribution is 2.77. The monoisotopic (exact) mass is 555 g/mol. The summed E-state index contributed by atoms with van der Waals surface area (Å²) in [4.78, 5) is 12.1. The van der Waals surface area contributed by atoms with Crippen LogP contribution in [0, 0.1) is 16.2 Å². The van der Waals surface area contributed by atoms with Crippen LogP contribution < -0.4 is 5.32 Å². The molecule has 0 aliphatic heterocycles. The van der Waals surface area contributed by atoms with Crippen molar-refractivity contribution >= 4 is 6.29 Å². The summed E-state index contributed by atoms with van der Waals surface area (Å²) in [6.45, 7) is 10.7. The Bertz CT molecular complexity index is 1050. The van der Waals surface area contributed by atoms with Gasteiger partial charge in [0.05, 0.1) is 18.3 Å². The Morgan fingerprint density at radius 1 is 1.10 bits per heavy atom. The number of aliphatic hydroxyl groups excluding tert-OH is 3. The largest absolute Gasteiger partial charge is 0.396 e. The molecule has 5 atom stereocenters. The zero-order valence-electron chi connectivity index (χ0n) is 25.3. The van der Waals surface area contributed by atoms with Gasteiger partial charge in [-0.15, -0.1) is 0 Å². The zero-order valence-corrected chi connectivity index (χ0v) is 25.3. The molecule has 5 N–H and O–H groups in total. The second kappa shape index (κ2) is 13.4. The van der Waals surface area contributed by atoms with Crippen molar-refractivity contribution < 1.29 is 25.2 Å². The molecule has 0 aromatic rings. The van der Waals surface area contributed by atoms with Crippen LogP contribution in [0.15, 0.2) is 58.7 Å². The van der Waals surface area contributed by atoms with Crippen LogP contribution in [-0.2, 0) is 4.79 Å². The number of rotatable bonds is 14. The van der Waals surface area contributed by atoms with Gasteiger partial charge < -0.3 is 25.7 Å². The fourth-order valence-corrected chi connectivity index (χ4v) is 8.74. The highest BCUT2D eigenvalue weighted by Gasteiger charge is 2.76. The molecule has 3 fully saturated rings. The van der Waals surface area contributed by atoms with Crippen LogP contribution in [-0.4, -0.2) is 65.2 Å². The molecule has 0 aromatic heterocycles. The van der Waals surface area contributed by atoms with Gasteiger partial charge in [0.15, 0.2) is 0 Å². The van der Waals surface area contributed by atoms with E-state index >= 15 is 0 Å². The molecular formula is C34H53NO5. The predicted octanol–water partition coefficient (Wildman–Crippen LogP) is 5.09. The first-order chi connectivity index (χ1) is 19.0. The van der Waals surface area contributed by atoms with E-state index in [0.717, 1.165) is 35.8 Å². The van der Waals surface area contributed by atoms with E-state index in [0.29, 0.717) is 69.9 Å². The third kappa shape index (κ3) is 5.50. The topological polar surface area (TPSA) is 110 Å². The van der Waals surface area contributed by atoms with E-state index in [4.69, 9.17) is 0 Å². The standard InChI is InChI=1S/C34H53NO5/c1-25(2)9-6-10-26(3)11-7-12-28(24-38)31-16-18-32(14-8-22-36)29(27(4)23-37)13-15-33(40,20-21-35-5)34(32,19-17-31)30(31)39/h7,9,11-12,23,30,35-36,38-40H,3,6,8,10,13-22,24H2,1-2,4-5H3/b11-7+,28-12-,29-27-/t30-,31+,32-,33+,34+/m1/s1. The van der Waals surface area contributed by atoms with Crippen molar-refractivity contribution in [3.63, 3.8) is 0 Å². The van der Waals surface area contributed by atoms with Gasteiger partial charge in [-0.1, -0.05) is 47.6 Å². The lowest BCUT2D eigenvalue weighted by molar-refractivity contribution is -0.240. The van der Waals surface area contributed by atoms with E-state index in [-0.39, 0.29) is 13.2 Å². The van der Waals surface area contributed by atoms with Gasteiger partial charge in [0.1, 0.15) is 6.29 Å². The van der Waals surface area contributed by atoms with E-state index in [2.05, 4.69) is 31.8 Å². The van der Waals surface area contributed by atoms with E-state index in [1.807, 2.05) is 32.2 Å². The van der Waals surface area contributed by atoms with Gasteiger partial charge in [-0.2, -0.15) is 0 Å². The molecule has 2 bridgehead atoms. The van der Waals surface area contributed by atoms with E-state index in [1.165, 1.54) is 5.57 Å². The van der Waals surface area contributed by atoms with Gasteiger partial charge >= 0.3 is 0 Å². The molecule has 0 radical (unpaired) electrons. The quantitative estimate of drug-likeness (QED) is 0.0884. The molecule has 0 saturated heterocycles. The van der Waals surface area contributed by atoms with E-state index in [9.17, 15) is 25.2 Å². The fourth-order valence-electron chi connectivity index (χ4n) is 8.74. The van der Waals surface area contributed by atoms with Gasteiger partial charge in [-0.25, -0.2) is 0 Å². The normalized spacial score (nSPS) is 35.0. The molecule has 0 aromatic carbocycles. The Kier molecular flexibility index (Phi) is 11.0. The maximum Gasteiger partial charge on any atom is 0.145 e. The van der Waals surface area contributed by atoms with E-state index in [1.54, 1.807) is 0 Å². The Morgan fingerprint density at radius 2 is 1.82 bits per heavy atom. The molecule has 0 amide bonds. The van der Waals surface area contributed by atoms with Crippen LogP contribution in [0.3, 0.4) is 0 Å². The molecule has 3 saturated carbocycles. The summed E-state index contributed by atoms with van der Waals surface area (Å²) < 4.78 is 0. The lowest BCUT2D eigenvalue weighted by atomic mass is 9.39. The highest BCUT2D eigenvalue weighted by atomic mass is 16.3. The van der Waals surface area contributed by atoms with Crippen molar-refractivity contribution in [2.75, 3.05) is 26.8 Å². The molecular weight excluding hydrogens is 502 g/mol. The molecule has 224 valence electrons. The number of carbonyl (C=O) groups is 1. The van der Waals surface area contributed by atoms with Crippen LogP contribution in [0.25, 0.3) is 0 Å². The summed E-state index contributed by atoms with van der Waals surface area (Å²) in [5, 5.41) is 48.8. The number of hydrogen-bond donors (Lipinski definition) is 5.